The lowest BCUT2D eigenvalue weighted by molar-refractivity contribution is 0.214. The quantitative estimate of drug-likeness (QED) is 0.683. The van der Waals surface area contributed by atoms with Crippen LogP contribution >= 0.6 is 0 Å². The number of nitrogen functional groups attached to an aromatic ring is 1. The normalized spacial score (nSPS) is 19.0. The molecule has 82 valence electrons. The van der Waals surface area contributed by atoms with Gasteiger partial charge in [-0.3, -0.25) is 0 Å². The van der Waals surface area contributed by atoms with Crippen LogP contribution in [0.4, 0.5) is 11.6 Å². The molecule has 4 N–H and O–H groups in total. The summed E-state index contributed by atoms with van der Waals surface area (Å²) in [5.41, 5.74) is 5.36. The summed E-state index contributed by atoms with van der Waals surface area (Å²) in [5.74, 6) is 1.14. The maximum absolute atomic E-state index is 9.41. The van der Waals surface area contributed by atoms with Crippen molar-refractivity contribution >= 4 is 11.6 Å². The molecule has 2 rings (SSSR count). The van der Waals surface area contributed by atoms with Gasteiger partial charge in [0, 0.05) is 6.07 Å². The van der Waals surface area contributed by atoms with Gasteiger partial charge in [0.2, 0.25) is 0 Å². The van der Waals surface area contributed by atoms with Gasteiger partial charge in [0.15, 0.2) is 0 Å². The Morgan fingerprint density at radius 1 is 1.40 bits per heavy atom. The number of aliphatic hydroxyl groups is 1. The Kier molecular flexibility index (Phi) is 2.73. The van der Waals surface area contributed by atoms with Crippen molar-refractivity contribution in [3.8, 4) is 0 Å². The molecule has 1 fully saturated rings. The van der Waals surface area contributed by atoms with Crippen molar-refractivity contribution in [2.75, 3.05) is 17.7 Å². The topological polar surface area (TPSA) is 84.1 Å². The van der Waals surface area contributed by atoms with Crippen LogP contribution in [0.15, 0.2) is 12.4 Å². The molecule has 0 aromatic carbocycles. The van der Waals surface area contributed by atoms with Crippen LogP contribution < -0.4 is 11.1 Å². The van der Waals surface area contributed by atoms with Crippen LogP contribution in [0.3, 0.4) is 0 Å². The Morgan fingerprint density at radius 2 is 2.13 bits per heavy atom. The van der Waals surface area contributed by atoms with E-state index in [2.05, 4.69) is 15.3 Å². The predicted molar refractivity (Wildman–Crippen MR) is 58.4 cm³/mol. The van der Waals surface area contributed by atoms with Crippen molar-refractivity contribution in [3.05, 3.63) is 12.4 Å². The van der Waals surface area contributed by atoms with Crippen molar-refractivity contribution in [3.63, 3.8) is 0 Å². The molecular weight excluding hydrogens is 192 g/mol. The van der Waals surface area contributed by atoms with Crippen molar-refractivity contribution < 1.29 is 5.11 Å². The predicted octanol–water partition coefficient (Wildman–Crippen LogP) is 0.776. The number of hydrogen-bond donors (Lipinski definition) is 3. The molecule has 15 heavy (non-hydrogen) atoms. The van der Waals surface area contributed by atoms with Gasteiger partial charge in [-0.05, 0) is 12.8 Å². The number of nitrogens with one attached hydrogen (secondary N) is 1. The lowest BCUT2D eigenvalue weighted by Gasteiger charge is -2.28. The number of aromatic nitrogens is 2. The lowest BCUT2D eigenvalue weighted by atomic mass is 9.99. The molecule has 1 aromatic heterocycles. The molecule has 0 radical (unpaired) electrons. The van der Waals surface area contributed by atoms with Gasteiger partial charge in [0.1, 0.15) is 18.0 Å². The zero-order valence-electron chi connectivity index (χ0n) is 8.61. The number of rotatable bonds is 3. The van der Waals surface area contributed by atoms with Gasteiger partial charge in [0.05, 0.1) is 12.1 Å². The molecule has 1 aromatic rings. The molecule has 1 heterocycles. The third kappa shape index (κ3) is 2.18. The molecule has 0 aliphatic heterocycles. The van der Waals surface area contributed by atoms with E-state index < -0.39 is 0 Å². The molecule has 5 heteroatoms. The second-order valence-corrected chi connectivity index (χ2v) is 4.10. The summed E-state index contributed by atoms with van der Waals surface area (Å²) in [5, 5.41) is 12.7. The second kappa shape index (κ2) is 4.02. The molecule has 1 saturated carbocycles. The summed E-state index contributed by atoms with van der Waals surface area (Å²) >= 11 is 0. The van der Waals surface area contributed by atoms with E-state index in [-0.39, 0.29) is 12.1 Å². The zero-order valence-corrected chi connectivity index (χ0v) is 8.61. The van der Waals surface area contributed by atoms with Crippen LogP contribution in [0.2, 0.25) is 0 Å². The Balaban J connectivity index is 2.12. The van der Waals surface area contributed by atoms with E-state index >= 15 is 0 Å². The minimum absolute atomic E-state index is 0.136. The monoisotopic (exact) mass is 208 g/mol. The van der Waals surface area contributed by atoms with E-state index in [1.807, 2.05) is 0 Å². The summed E-state index contributed by atoms with van der Waals surface area (Å²) in [4.78, 5) is 7.91. The van der Waals surface area contributed by atoms with Gasteiger partial charge in [-0.2, -0.15) is 0 Å². The van der Waals surface area contributed by atoms with Crippen LogP contribution in [0.25, 0.3) is 0 Å². The Bertz CT molecular complexity index is 336. The highest BCUT2D eigenvalue weighted by Gasteiger charge is 2.33. The van der Waals surface area contributed by atoms with Crippen molar-refractivity contribution in [1.82, 2.24) is 9.97 Å². The fourth-order valence-corrected chi connectivity index (χ4v) is 2.09. The molecular formula is C10H16N4O. The van der Waals surface area contributed by atoms with E-state index in [0.717, 1.165) is 25.7 Å². The first kappa shape index (κ1) is 10.2. The van der Waals surface area contributed by atoms with Gasteiger partial charge >= 0.3 is 0 Å². The Hall–Kier alpha value is -1.36. The van der Waals surface area contributed by atoms with Gasteiger partial charge < -0.3 is 16.2 Å². The summed E-state index contributed by atoms with van der Waals surface area (Å²) in [6.45, 7) is 0.136. The van der Waals surface area contributed by atoms with Gasteiger partial charge in [-0.1, -0.05) is 12.8 Å². The number of anilines is 2. The molecule has 5 nitrogen and oxygen atoms in total. The number of nitrogens with zero attached hydrogens (tertiary/aromatic N) is 2. The summed E-state index contributed by atoms with van der Waals surface area (Å²) in [6, 6.07) is 1.69. The van der Waals surface area contributed by atoms with Crippen LogP contribution in [0.5, 0.6) is 0 Å². The van der Waals surface area contributed by atoms with E-state index in [4.69, 9.17) is 5.73 Å². The molecule has 1 aliphatic carbocycles. The molecule has 1 aliphatic rings. The maximum atomic E-state index is 9.41. The summed E-state index contributed by atoms with van der Waals surface area (Å²) in [7, 11) is 0. The molecule has 0 unspecified atom stereocenters. The molecule has 0 atom stereocenters. The van der Waals surface area contributed by atoms with Crippen LogP contribution in [-0.2, 0) is 0 Å². The van der Waals surface area contributed by atoms with Gasteiger partial charge in [-0.25, -0.2) is 9.97 Å². The first-order valence-electron chi connectivity index (χ1n) is 5.21. The van der Waals surface area contributed by atoms with E-state index in [1.54, 1.807) is 6.07 Å². The highest BCUT2D eigenvalue weighted by Crippen LogP contribution is 2.32. The van der Waals surface area contributed by atoms with E-state index in [1.165, 1.54) is 6.33 Å². The number of aliphatic hydroxyl groups excluding tert-OH is 1. The Labute approximate surface area is 88.7 Å². The Morgan fingerprint density at radius 3 is 2.73 bits per heavy atom. The fraction of sp³-hybridized carbons (Fsp3) is 0.600. The summed E-state index contributed by atoms with van der Waals surface area (Å²) < 4.78 is 0. The molecule has 0 amide bonds. The lowest BCUT2D eigenvalue weighted by Crippen LogP contribution is -2.39. The van der Waals surface area contributed by atoms with E-state index in [0.29, 0.717) is 11.6 Å². The second-order valence-electron chi connectivity index (χ2n) is 4.10. The molecule has 0 bridgehead atoms. The van der Waals surface area contributed by atoms with Crippen LogP contribution in [0.1, 0.15) is 25.7 Å². The number of nitrogens with two attached hydrogens (primary N) is 1. The third-order valence-electron chi connectivity index (χ3n) is 2.94. The van der Waals surface area contributed by atoms with E-state index in [9.17, 15) is 5.11 Å². The van der Waals surface area contributed by atoms with Crippen molar-refractivity contribution in [1.29, 1.82) is 0 Å². The highest BCUT2D eigenvalue weighted by molar-refractivity contribution is 5.45. The largest absolute Gasteiger partial charge is 0.394 e. The van der Waals surface area contributed by atoms with Crippen LogP contribution in [-0.4, -0.2) is 27.2 Å². The van der Waals surface area contributed by atoms with Gasteiger partial charge in [0.25, 0.3) is 0 Å². The average Bonchev–Trinajstić information content (AvgIpc) is 2.67. The summed E-state index contributed by atoms with van der Waals surface area (Å²) in [6.07, 6.45) is 5.68. The standard InChI is InChI=1S/C10H16N4O/c11-8-5-9(13-7-12-8)14-10(6-15)3-1-2-4-10/h5,7,15H,1-4,6H2,(H3,11,12,13,14). The minimum atomic E-state index is -0.208. The van der Waals surface area contributed by atoms with Gasteiger partial charge in [-0.15, -0.1) is 0 Å². The maximum Gasteiger partial charge on any atom is 0.131 e. The minimum Gasteiger partial charge on any atom is -0.394 e. The number of hydrogen-bond acceptors (Lipinski definition) is 5. The first-order chi connectivity index (χ1) is 7.24. The van der Waals surface area contributed by atoms with Crippen molar-refractivity contribution in [2.24, 2.45) is 0 Å². The smallest absolute Gasteiger partial charge is 0.131 e. The average molecular weight is 208 g/mol. The fourth-order valence-electron chi connectivity index (χ4n) is 2.09. The molecule has 0 saturated heterocycles. The SMILES string of the molecule is Nc1cc(NC2(CO)CCCC2)ncn1. The zero-order chi connectivity index (χ0) is 10.7. The third-order valence-corrected chi connectivity index (χ3v) is 2.94. The molecule has 0 spiro atoms. The first-order valence-corrected chi connectivity index (χ1v) is 5.21. The highest BCUT2D eigenvalue weighted by atomic mass is 16.3. The van der Waals surface area contributed by atoms with Crippen molar-refractivity contribution in [2.45, 2.75) is 31.2 Å². The van der Waals surface area contributed by atoms with Crippen LogP contribution in [0, 0.1) is 0 Å².